The van der Waals surface area contributed by atoms with E-state index in [9.17, 15) is 4.79 Å². The molecule has 0 bridgehead atoms. The number of amides is 1. The standard InChI is InChI=1S/C24H30N2O2/c1-19-7-6-8-21(13-19)15-25-11-12-28-18-24(16-25)14-23(27)26(17-24)20(2)22-9-4-3-5-10-22/h3-10,13,20H,11-12,14-18H2,1-2H3. The number of carbonyl (C=O) groups excluding carboxylic acids is 1. The number of carbonyl (C=O) groups is 1. The van der Waals surface area contributed by atoms with Crippen LogP contribution in [0, 0.1) is 12.3 Å². The summed E-state index contributed by atoms with van der Waals surface area (Å²) in [5, 5.41) is 0. The van der Waals surface area contributed by atoms with Crippen molar-refractivity contribution in [2.24, 2.45) is 5.41 Å². The molecule has 0 aliphatic carbocycles. The summed E-state index contributed by atoms with van der Waals surface area (Å²) in [5.74, 6) is 0.248. The van der Waals surface area contributed by atoms with Gasteiger partial charge < -0.3 is 9.64 Å². The van der Waals surface area contributed by atoms with Crippen LogP contribution in [0.15, 0.2) is 54.6 Å². The van der Waals surface area contributed by atoms with Crippen molar-refractivity contribution in [1.29, 1.82) is 0 Å². The van der Waals surface area contributed by atoms with Crippen LogP contribution in [0.4, 0.5) is 0 Å². The summed E-state index contributed by atoms with van der Waals surface area (Å²) in [5.41, 5.74) is 3.70. The second-order valence-electron chi connectivity index (χ2n) is 8.54. The first kappa shape index (κ1) is 19.2. The Bertz CT molecular complexity index is 822. The van der Waals surface area contributed by atoms with Crippen LogP contribution >= 0.6 is 0 Å². The number of ether oxygens (including phenoxy) is 1. The Morgan fingerprint density at radius 1 is 1.11 bits per heavy atom. The lowest BCUT2D eigenvalue weighted by Gasteiger charge is -2.33. The fourth-order valence-corrected chi connectivity index (χ4v) is 4.68. The van der Waals surface area contributed by atoms with Crippen molar-refractivity contribution in [3.8, 4) is 0 Å². The first-order valence-corrected chi connectivity index (χ1v) is 10.2. The minimum absolute atomic E-state index is 0.0987. The fraction of sp³-hybridized carbons (Fsp3) is 0.458. The van der Waals surface area contributed by atoms with Gasteiger partial charge in [0.25, 0.3) is 0 Å². The Morgan fingerprint density at radius 3 is 2.71 bits per heavy atom. The molecule has 1 amide bonds. The largest absolute Gasteiger partial charge is 0.379 e. The van der Waals surface area contributed by atoms with E-state index in [1.807, 2.05) is 18.2 Å². The lowest BCUT2D eigenvalue weighted by Crippen LogP contribution is -2.40. The molecule has 28 heavy (non-hydrogen) atoms. The van der Waals surface area contributed by atoms with Crippen LogP contribution in [-0.4, -0.2) is 48.6 Å². The van der Waals surface area contributed by atoms with Crippen LogP contribution in [0.1, 0.15) is 36.1 Å². The fourth-order valence-electron chi connectivity index (χ4n) is 4.68. The van der Waals surface area contributed by atoms with Crippen molar-refractivity contribution in [3.63, 3.8) is 0 Å². The molecule has 2 heterocycles. The highest BCUT2D eigenvalue weighted by atomic mass is 16.5. The maximum Gasteiger partial charge on any atom is 0.223 e. The molecule has 2 aromatic carbocycles. The third-order valence-electron chi connectivity index (χ3n) is 6.11. The van der Waals surface area contributed by atoms with E-state index in [4.69, 9.17) is 4.74 Å². The van der Waals surface area contributed by atoms with Crippen LogP contribution in [0.5, 0.6) is 0 Å². The molecule has 4 heteroatoms. The molecule has 4 nitrogen and oxygen atoms in total. The van der Waals surface area contributed by atoms with Crippen LogP contribution in [0.2, 0.25) is 0 Å². The van der Waals surface area contributed by atoms with Gasteiger partial charge in [0.05, 0.1) is 19.3 Å². The predicted molar refractivity (Wildman–Crippen MR) is 111 cm³/mol. The number of rotatable bonds is 4. The van der Waals surface area contributed by atoms with E-state index < -0.39 is 0 Å². The molecule has 0 saturated carbocycles. The highest BCUT2D eigenvalue weighted by Gasteiger charge is 2.46. The van der Waals surface area contributed by atoms with E-state index in [-0.39, 0.29) is 17.4 Å². The molecule has 2 unspecified atom stereocenters. The Balaban J connectivity index is 1.49. The van der Waals surface area contributed by atoms with E-state index in [0.717, 1.165) is 32.8 Å². The van der Waals surface area contributed by atoms with Gasteiger partial charge >= 0.3 is 0 Å². The molecule has 2 aliphatic heterocycles. The summed E-state index contributed by atoms with van der Waals surface area (Å²) in [6, 6.07) is 19.1. The quantitative estimate of drug-likeness (QED) is 0.811. The van der Waals surface area contributed by atoms with Gasteiger partial charge in [-0.15, -0.1) is 0 Å². The second-order valence-corrected chi connectivity index (χ2v) is 8.54. The zero-order valence-electron chi connectivity index (χ0n) is 16.9. The Morgan fingerprint density at radius 2 is 1.93 bits per heavy atom. The van der Waals surface area contributed by atoms with Crippen molar-refractivity contribution in [1.82, 2.24) is 9.80 Å². The number of nitrogens with zero attached hydrogens (tertiary/aromatic N) is 2. The number of aryl methyl sites for hydroxylation is 1. The van der Waals surface area contributed by atoms with E-state index in [1.54, 1.807) is 0 Å². The molecule has 2 fully saturated rings. The van der Waals surface area contributed by atoms with Crippen molar-refractivity contribution in [2.45, 2.75) is 32.9 Å². The predicted octanol–water partition coefficient (Wildman–Crippen LogP) is 3.81. The number of likely N-dealkylation sites (tertiary alicyclic amines) is 1. The average Bonchev–Trinajstić information content (AvgIpc) is 2.88. The maximum atomic E-state index is 12.9. The smallest absolute Gasteiger partial charge is 0.223 e. The molecule has 2 saturated heterocycles. The zero-order valence-corrected chi connectivity index (χ0v) is 16.9. The van der Waals surface area contributed by atoms with Gasteiger partial charge in [-0.3, -0.25) is 9.69 Å². The first-order valence-electron chi connectivity index (χ1n) is 10.2. The Kier molecular flexibility index (Phi) is 5.51. The summed E-state index contributed by atoms with van der Waals surface area (Å²) < 4.78 is 5.99. The summed E-state index contributed by atoms with van der Waals surface area (Å²) in [6.45, 7) is 9.17. The average molecular weight is 379 g/mol. The van der Waals surface area contributed by atoms with Crippen LogP contribution in [-0.2, 0) is 16.1 Å². The van der Waals surface area contributed by atoms with E-state index in [1.165, 1.54) is 16.7 Å². The minimum Gasteiger partial charge on any atom is -0.379 e. The molecule has 0 N–H and O–H groups in total. The summed E-state index contributed by atoms with van der Waals surface area (Å²) in [4.78, 5) is 17.5. The molecule has 2 atom stereocenters. The molecule has 4 rings (SSSR count). The Hall–Kier alpha value is -2.17. The molecule has 0 aromatic heterocycles. The number of hydrogen-bond acceptors (Lipinski definition) is 3. The third kappa shape index (κ3) is 4.13. The molecule has 0 radical (unpaired) electrons. The number of benzene rings is 2. The van der Waals surface area contributed by atoms with Gasteiger partial charge in [-0.2, -0.15) is 0 Å². The Labute approximate surface area is 168 Å². The van der Waals surface area contributed by atoms with Gasteiger partial charge in [-0.25, -0.2) is 0 Å². The number of hydrogen-bond donors (Lipinski definition) is 0. The van der Waals surface area contributed by atoms with E-state index in [2.05, 4.69) is 60.0 Å². The van der Waals surface area contributed by atoms with Gasteiger partial charge in [0, 0.05) is 38.0 Å². The second kappa shape index (κ2) is 8.06. The molecule has 2 aliphatic rings. The summed E-state index contributed by atoms with van der Waals surface area (Å²) >= 11 is 0. The highest BCUT2D eigenvalue weighted by molar-refractivity contribution is 5.80. The van der Waals surface area contributed by atoms with E-state index >= 15 is 0 Å². The first-order chi connectivity index (χ1) is 13.5. The normalized spacial score (nSPS) is 24.5. The van der Waals surface area contributed by atoms with Gasteiger partial charge in [0.2, 0.25) is 5.91 Å². The van der Waals surface area contributed by atoms with Gasteiger partial charge in [-0.1, -0.05) is 60.2 Å². The van der Waals surface area contributed by atoms with Gasteiger partial charge in [0.15, 0.2) is 0 Å². The highest BCUT2D eigenvalue weighted by Crippen LogP contribution is 2.38. The van der Waals surface area contributed by atoms with E-state index in [0.29, 0.717) is 13.0 Å². The molecule has 2 aromatic rings. The SMILES string of the molecule is Cc1cccc(CN2CCOCC3(CC(=O)N(C(C)c4ccccc4)C3)C2)c1. The van der Waals surface area contributed by atoms with Gasteiger partial charge in [-0.05, 0) is 25.0 Å². The lowest BCUT2D eigenvalue weighted by molar-refractivity contribution is -0.129. The van der Waals surface area contributed by atoms with Crippen molar-refractivity contribution in [2.75, 3.05) is 32.8 Å². The van der Waals surface area contributed by atoms with Crippen LogP contribution < -0.4 is 0 Å². The summed E-state index contributed by atoms with van der Waals surface area (Å²) in [7, 11) is 0. The monoisotopic (exact) mass is 378 g/mol. The van der Waals surface area contributed by atoms with Crippen molar-refractivity contribution >= 4 is 5.91 Å². The third-order valence-corrected chi connectivity index (χ3v) is 6.11. The lowest BCUT2D eigenvalue weighted by atomic mass is 9.87. The van der Waals surface area contributed by atoms with Crippen LogP contribution in [0.3, 0.4) is 0 Å². The van der Waals surface area contributed by atoms with Crippen LogP contribution in [0.25, 0.3) is 0 Å². The topological polar surface area (TPSA) is 32.8 Å². The zero-order chi connectivity index (χ0) is 19.6. The molecule has 148 valence electrons. The minimum atomic E-state index is -0.111. The maximum absolute atomic E-state index is 12.9. The van der Waals surface area contributed by atoms with Crippen molar-refractivity contribution < 1.29 is 9.53 Å². The molecular weight excluding hydrogens is 348 g/mol. The van der Waals surface area contributed by atoms with Gasteiger partial charge in [0.1, 0.15) is 0 Å². The summed E-state index contributed by atoms with van der Waals surface area (Å²) in [6.07, 6.45) is 0.578. The molecular formula is C24H30N2O2. The molecule has 1 spiro atoms. The van der Waals surface area contributed by atoms with Crippen molar-refractivity contribution in [3.05, 3.63) is 71.3 Å².